The van der Waals surface area contributed by atoms with Crippen molar-refractivity contribution in [3.05, 3.63) is 54.0 Å². The van der Waals surface area contributed by atoms with Crippen molar-refractivity contribution in [2.75, 3.05) is 11.9 Å². The summed E-state index contributed by atoms with van der Waals surface area (Å²) >= 11 is 0. The maximum absolute atomic E-state index is 12.8. The molecule has 1 aromatic heterocycles. The van der Waals surface area contributed by atoms with Gasteiger partial charge in [-0.2, -0.15) is 13.2 Å². The number of alkyl halides is 3. The maximum Gasteiger partial charge on any atom is 0.418 e. The Labute approximate surface area is 125 Å². The lowest BCUT2D eigenvalue weighted by Crippen LogP contribution is -2.86. The van der Waals surface area contributed by atoms with Gasteiger partial charge in [-0.3, -0.25) is 4.79 Å². The van der Waals surface area contributed by atoms with Crippen LogP contribution in [0.2, 0.25) is 0 Å². The van der Waals surface area contributed by atoms with Crippen LogP contribution in [-0.2, 0) is 11.0 Å². The molecule has 0 aliphatic heterocycles. The van der Waals surface area contributed by atoms with Crippen molar-refractivity contribution in [3.63, 3.8) is 0 Å². The molecule has 0 saturated carbocycles. The molecule has 0 saturated heterocycles. The molecule has 0 aliphatic rings. The van der Waals surface area contributed by atoms with Crippen LogP contribution in [0.25, 0.3) is 0 Å². The van der Waals surface area contributed by atoms with Crippen molar-refractivity contribution in [3.8, 4) is 0 Å². The highest BCUT2D eigenvalue weighted by molar-refractivity contribution is 5.92. The van der Waals surface area contributed by atoms with Crippen LogP contribution in [0.15, 0.2) is 47.1 Å². The van der Waals surface area contributed by atoms with Crippen LogP contribution in [0.1, 0.15) is 24.3 Å². The van der Waals surface area contributed by atoms with E-state index in [0.717, 1.165) is 6.07 Å². The smallest absolute Gasteiger partial charge is 0.418 e. The Kier molecular flexibility index (Phi) is 4.87. The predicted octanol–water partition coefficient (Wildman–Crippen LogP) is 2.56. The Morgan fingerprint density at radius 2 is 2.00 bits per heavy atom. The van der Waals surface area contributed by atoms with Gasteiger partial charge in [0.2, 0.25) is 0 Å². The average Bonchev–Trinajstić information content (AvgIpc) is 2.98. The highest BCUT2D eigenvalue weighted by Crippen LogP contribution is 2.34. The molecule has 0 fully saturated rings. The van der Waals surface area contributed by atoms with Gasteiger partial charge in [-0.25, -0.2) is 0 Å². The van der Waals surface area contributed by atoms with Crippen LogP contribution in [-0.4, -0.2) is 12.5 Å². The van der Waals surface area contributed by atoms with Gasteiger partial charge in [-0.1, -0.05) is 12.1 Å². The van der Waals surface area contributed by atoms with Gasteiger partial charge in [0.05, 0.1) is 17.5 Å². The lowest BCUT2D eigenvalue weighted by atomic mass is 10.1. The first kappa shape index (κ1) is 16.1. The molecule has 0 spiro atoms. The van der Waals surface area contributed by atoms with E-state index in [0.29, 0.717) is 5.76 Å². The Bertz CT molecular complexity index is 624. The molecule has 1 aromatic carbocycles. The fraction of sp³-hybridized carbons (Fsp3) is 0.267. The Hall–Kier alpha value is -2.28. The predicted molar refractivity (Wildman–Crippen MR) is 74.0 cm³/mol. The standard InChI is InChI=1S/C15H15F3N2O2/c1-10(13-7-4-8-22-13)19-9-14(21)20-12-6-3-2-5-11(12)15(16,17)18/h2-8,10,19H,9H2,1H3,(H,20,21)/p+1/t10-/m1/s1. The fourth-order valence-electron chi connectivity index (χ4n) is 1.99. The second kappa shape index (κ2) is 6.65. The van der Waals surface area contributed by atoms with E-state index < -0.39 is 17.6 Å². The summed E-state index contributed by atoms with van der Waals surface area (Å²) in [5, 5.41) is 3.98. The maximum atomic E-state index is 12.8. The number of furan rings is 1. The minimum Gasteiger partial charge on any atom is -0.463 e. The third kappa shape index (κ3) is 4.11. The normalized spacial score (nSPS) is 12.9. The van der Waals surface area contributed by atoms with Crippen LogP contribution in [0.5, 0.6) is 0 Å². The fourth-order valence-corrected chi connectivity index (χ4v) is 1.99. The summed E-state index contributed by atoms with van der Waals surface area (Å²) in [5.74, 6) is 0.193. The summed E-state index contributed by atoms with van der Waals surface area (Å²) < 4.78 is 43.7. The third-order valence-electron chi connectivity index (χ3n) is 3.16. The summed E-state index contributed by atoms with van der Waals surface area (Å²) in [7, 11) is 0. The number of quaternary nitrogens is 1. The van der Waals surface area contributed by atoms with E-state index in [1.165, 1.54) is 24.5 Å². The van der Waals surface area contributed by atoms with Crippen LogP contribution < -0.4 is 10.6 Å². The molecular weight excluding hydrogens is 297 g/mol. The number of halogens is 3. The van der Waals surface area contributed by atoms with Crippen molar-refractivity contribution in [2.45, 2.75) is 19.1 Å². The van der Waals surface area contributed by atoms with Crippen LogP contribution >= 0.6 is 0 Å². The van der Waals surface area contributed by atoms with Gasteiger partial charge in [0, 0.05) is 0 Å². The Balaban J connectivity index is 1.95. The van der Waals surface area contributed by atoms with Gasteiger partial charge in [0.15, 0.2) is 12.3 Å². The molecule has 3 N–H and O–H groups in total. The first-order valence-electron chi connectivity index (χ1n) is 6.70. The van der Waals surface area contributed by atoms with Crippen molar-refractivity contribution in [1.29, 1.82) is 0 Å². The summed E-state index contributed by atoms with van der Waals surface area (Å²) in [6.07, 6.45) is -2.98. The van der Waals surface area contributed by atoms with E-state index in [2.05, 4.69) is 5.32 Å². The zero-order chi connectivity index (χ0) is 16.2. The van der Waals surface area contributed by atoms with Gasteiger partial charge in [-0.15, -0.1) is 0 Å². The van der Waals surface area contributed by atoms with Crippen molar-refractivity contribution >= 4 is 11.6 Å². The van der Waals surface area contributed by atoms with Gasteiger partial charge in [0.25, 0.3) is 5.91 Å². The molecule has 0 unspecified atom stereocenters. The summed E-state index contributed by atoms with van der Waals surface area (Å²) in [6, 6.07) is 8.31. The van der Waals surface area contributed by atoms with E-state index in [1.54, 1.807) is 17.4 Å². The van der Waals surface area contributed by atoms with Gasteiger partial charge < -0.3 is 15.1 Å². The molecule has 7 heteroatoms. The largest absolute Gasteiger partial charge is 0.463 e. The molecule has 0 bridgehead atoms. The van der Waals surface area contributed by atoms with E-state index in [4.69, 9.17) is 4.42 Å². The summed E-state index contributed by atoms with van der Waals surface area (Å²) in [4.78, 5) is 11.8. The number of benzene rings is 1. The SMILES string of the molecule is C[C@@H]([NH2+]CC(=O)Nc1ccccc1C(F)(F)F)c1ccco1. The number of para-hydroxylation sites is 1. The number of carbonyl (C=O) groups excluding carboxylic acids is 1. The van der Waals surface area contributed by atoms with Crippen LogP contribution in [0, 0.1) is 0 Å². The van der Waals surface area contributed by atoms with E-state index in [-0.39, 0.29) is 18.3 Å². The molecular formula is C15H16F3N2O2+. The monoisotopic (exact) mass is 313 g/mol. The topological polar surface area (TPSA) is 58.9 Å². The number of rotatable bonds is 5. The van der Waals surface area contributed by atoms with Crippen molar-refractivity contribution in [2.24, 2.45) is 0 Å². The number of nitrogens with one attached hydrogen (secondary N) is 1. The molecule has 2 rings (SSSR count). The minimum absolute atomic E-state index is 0.00589. The van der Waals surface area contributed by atoms with Crippen molar-refractivity contribution in [1.82, 2.24) is 0 Å². The van der Waals surface area contributed by atoms with Crippen LogP contribution in [0.3, 0.4) is 0 Å². The first-order chi connectivity index (χ1) is 10.4. The number of hydrogen-bond donors (Lipinski definition) is 2. The second-order valence-electron chi connectivity index (χ2n) is 4.84. The lowest BCUT2D eigenvalue weighted by Gasteiger charge is -2.13. The molecule has 1 amide bonds. The van der Waals surface area contributed by atoms with Gasteiger partial charge in [-0.05, 0) is 31.2 Å². The number of carbonyl (C=O) groups is 1. The van der Waals surface area contributed by atoms with E-state index in [1.807, 2.05) is 6.92 Å². The molecule has 0 radical (unpaired) electrons. The molecule has 22 heavy (non-hydrogen) atoms. The molecule has 0 aliphatic carbocycles. The molecule has 118 valence electrons. The molecule has 4 nitrogen and oxygen atoms in total. The number of nitrogens with two attached hydrogens (primary N) is 1. The number of anilines is 1. The molecule has 1 heterocycles. The highest BCUT2D eigenvalue weighted by Gasteiger charge is 2.33. The van der Waals surface area contributed by atoms with Crippen molar-refractivity contribution < 1.29 is 27.7 Å². The quantitative estimate of drug-likeness (QED) is 0.891. The van der Waals surface area contributed by atoms with Crippen LogP contribution in [0.4, 0.5) is 18.9 Å². The minimum atomic E-state index is -4.50. The third-order valence-corrected chi connectivity index (χ3v) is 3.16. The first-order valence-corrected chi connectivity index (χ1v) is 6.70. The lowest BCUT2D eigenvalue weighted by molar-refractivity contribution is -0.684. The summed E-state index contributed by atoms with van der Waals surface area (Å²) in [6.45, 7) is 1.84. The molecule has 2 aromatic rings. The molecule has 1 atom stereocenters. The average molecular weight is 313 g/mol. The number of hydrogen-bond acceptors (Lipinski definition) is 2. The zero-order valence-electron chi connectivity index (χ0n) is 11.9. The zero-order valence-corrected chi connectivity index (χ0v) is 11.9. The number of amides is 1. The Morgan fingerprint density at radius 3 is 2.64 bits per heavy atom. The highest BCUT2D eigenvalue weighted by atomic mass is 19.4. The van der Waals surface area contributed by atoms with Gasteiger partial charge in [0.1, 0.15) is 6.04 Å². The van der Waals surface area contributed by atoms with E-state index >= 15 is 0 Å². The Morgan fingerprint density at radius 1 is 1.27 bits per heavy atom. The van der Waals surface area contributed by atoms with E-state index in [9.17, 15) is 18.0 Å². The second-order valence-corrected chi connectivity index (χ2v) is 4.84. The summed E-state index contributed by atoms with van der Waals surface area (Å²) in [5.41, 5.74) is -1.10. The van der Waals surface area contributed by atoms with Gasteiger partial charge >= 0.3 is 6.18 Å².